The summed E-state index contributed by atoms with van der Waals surface area (Å²) in [5.74, 6) is 5.34. The number of unbranched alkanes of at least 4 members (excludes halogenated alkanes) is 1. The minimum Gasteiger partial charge on any atom is -0.494 e. The highest BCUT2D eigenvalue weighted by molar-refractivity contribution is 5.29. The predicted octanol–water partition coefficient (Wildman–Crippen LogP) is 5.55. The van der Waals surface area contributed by atoms with Crippen LogP contribution in [-0.4, -0.2) is 6.61 Å². The van der Waals surface area contributed by atoms with E-state index in [1.165, 1.54) is 44.1 Å². The van der Waals surface area contributed by atoms with E-state index in [0.29, 0.717) is 6.61 Å². The summed E-state index contributed by atoms with van der Waals surface area (Å²) in [5, 5.41) is 0. The fraction of sp³-hybridized carbons (Fsp3) is 0.600. The van der Waals surface area contributed by atoms with Crippen LogP contribution in [0.15, 0.2) is 24.3 Å². The maximum absolute atomic E-state index is 5.70. The number of hydrogen-bond donors (Lipinski definition) is 0. The lowest BCUT2D eigenvalue weighted by Crippen LogP contribution is -2.13. The molecule has 114 valence electrons. The molecule has 1 saturated carbocycles. The lowest BCUT2D eigenvalue weighted by atomic mass is 9.77. The standard InChI is InChI=1S/C20H28O/c1-3-5-6-16-21-20-14-12-19(13-15-20)18-10-8-17(7-4-2)9-11-18/h1,12-15,17-18H,4-11,16H2,2H3. The van der Waals surface area contributed by atoms with Crippen molar-refractivity contribution in [1.29, 1.82) is 0 Å². The molecule has 0 N–H and O–H groups in total. The third-order valence-electron chi connectivity index (χ3n) is 4.63. The van der Waals surface area contributed by atoms with Crippen molar-refractivity contribution in [3.05, 3.63) is 29.8 Å². The SMILES string of the molecule is C#CCCCOc1ccc(C2CCC(CCC)CC2)cc1. The summed E-state index contributed by atoms with van der Waals surface area (Å²) >= 11 is 0. The molecule has 1 fully saturated rings. The molecule has 1 aliphatic carbocycles. The largest absolute Gasteiger partial charge is 0.494 e. The van der Waals surface area contributed by atoms with Gasteiger partial charge in [-0.15, -0.1) is 12.3 Å². The van der Waals surface area contributed by atoms with Crippen molar-refractivity contribution in [3.63, 3.8) is 0 Å². The summed E-state index contributed by atoms with van der Waals surface area (Å²) in [6.45, 7) is 3.01. The molecule has 0 heterocycles. The minimum absolute atomic E-state index is 0.714. The van der Waals surface area contributed by atoms with E-state index in [1.54, 1.807) is 0 Å². The molecule has 0 atom stereocenters. The van der Waals surface area contributed by atoms with Crippen molar-refractivity contribution in [2.75, 3.05) is 6.61 Å². The van der Waals surface area contributed by atoms with Crippen LogP contribution in [0.1, 0.15) is 69.8 Å². The summed E-state index contributed by atoms with van der Waals surface area (Å²) in [6, 6.07) is 8.73. The first-order valence-electron chi connectivity index (χ1n) is 8.49. The van der Waals surface area contributed by atoms with E-state index >= 15 is 0 Å². The molecule has 0 spiro atoms. The van der Waals surface area contributed by atoms with Gasteiger partial charge in [-0.2, -0.15) is 0 Å². The first-order chi connectivity index (χ1) is 10.3. The Morgan fingerprint density at radius 3 is 2.48 bits per heavy atom. The van der Waals surface area contributed by atoms with Gasteiger partial charge in [-0.3, -0.25) is 0 Å². The molecule has 1 aliphatic rings. The monoisotopic (exact) mass is 284 g/mol. The van der Waals surface area contributed by atoms with E-state index in [-0.39, 0.29) is 0 Å². The molecule has 2 rings (SSSR count). The van der Waals surface area contributed by atoms with E-state index in [0.717, 1.165) is 30.4 Å². The summed E-state index contributed by atoms with van der Waals surface area (Å²) in [4.78, 5) is 0. The molecule has 0 bridgehead atoms. The van der Waals surface area contributed by atoms with Gasteiger partial charge in [-0.05, 0) is 61.6 Å². The molecule has 0 unspecified atom stereocenters. The van der Waals surface area contributed by atoms with Crippen LogP contribution in [0.25, 0.3) is 0 Å². The second kappa shape index (κ2) is 8.78. The highest BCUT2D eigenvalue weighted by Crippen LogP contribution is 2.37. The quantitative estimate of drug-likeness (QED) is 0.471. The molecule has 0 amide bonds. The van der Waals surface area contributed by atoms with Crippen LogP contribution in [0.3, 0.4) is 0 Å². The first-order valence-corrected chi connectivity index (χ1v) is 8.49. The van der Waals surface area contributed by atoms with E-state index < -0.39 is 0 Å². The van der Waals surface area contributed by atoms with Gasteiger partial charge in [0.2, 0.25) is 0 Å². The normalized spacial score (nSPS) is 21.7. The van der Waals surface area contributed by atoms with Crippen LogP contribution in [0.2, 0.25) is 0 Å². The van der Waals surface area contributed by atoms with Gasteiger partial charge in [0.1, 0.15) is 5.75 Å². The zero-order chi connectivity index (χ0) is 14.9. The van der Waals surface area contributed by atoms with Crippen molar-refractivity contribution in [3.8, 4) is 18.1 Å². The van der Waals surface area contributed by atoms with Gasteiger partial charge >= 0.3 is 0 Å². The van der Waals surface area contributed by atoms with Crippen LogP contribution in [0, 0.1) is 18.3 Å². The molecular formula is C20H28O. The Hall–Kier alpha value is -1.42. The highest BCUT2D eigenvalue weighted by atomic mass is 16.5. The summed E-state index contributed by atoms with van der Waals surface area (Å²) in [7, 11) is 0. The van der Waals surface area contributed by atoms with Crippen LogP contribution in [0.5, 0.6) is 5.75 Å². The van der Waals surface area contributed by atoms with Gasteiger partial charge in [-0.1, -0.05) is 31.9 Å². The molecule has 0 aliphatic heterocycles. The molecule has 0 aromatic heterocycles. The Morgan fingerprint density at radius 2 is 1.86 bits per heavy atom. The molecule has 1 aromatic carbocycles. The Morgan fingerprint density at radius 1 is 1.14 bits per heavy atom. The van der Waals surface area contributed by atoms with Crippen molar-refractivity contribution >= 4 is 0 Å². The zero-order valence-corrected chi connectivity index (χ0v) is 13.3. The van der Waals surface area contributed by atoms with Crippen molar-refractivity contribution in [1.82, 2.24) is 0 Å². The average molecular weight is 284 g/mol. The maximum atomic E-state index is 5.70. The number of benzene rings is 1. The van der Waals surface area contributed by atoms with Crippen LogP contribution in [-0.2, 0) is 0 Å². The summed E-state index contributed by atoms with van der Waals surface area (Å²) < 4.78 is 5.70. The number of ether oxygens (including phenoxy) is 1. The Bertz CT molecular complexity index is 432. The van der Waals surface area contributed by atoms with E-state index in [9.17, 15) is 0 Å². The Labute approximate surface area is 130 Å². The lowest BCUT2D eigenvalue weighted by Gasteiger charge is -2.28. The van der Waals surface area contributed by atoms with Gasteiger partial charge in [0.05, 0.1) is 6.61 Å². The fourth-order valence-electron chi connectivity index (χ4n) is 3.39. The van der Waals surface area contributed by atoms with E-state index in [1.807, 2.05) is 0 Å². The van der Waals surface area contributed by atoms with Gasteiger partial charge in [0.25, 0.3) is 0 Å². The van der Waals surface area contributed by atoms with Gasteiger partial charge in [0, 0.05) is 6.42 Å². The first kappa shape index (κ1) is 16.0. The molecule has 0 radical (unpaired) electrons. The molecule has 21 heavy (non-hydrogen) atoms. The van der Waals surface area contributed by atoms with Crippen molar-refractivity contribution in [2.24, 2.45) is 5.92 Å². The summed E-state index contributed by atoms with van der Waals surface area (Å²) in [5.41, 5.74) is 1.49. The molecule has 0 saturated heterocycles. The fourth-order valence-corrected chi connectivity index (χ4v) is 3.39. The Balaban J connectivity index is 1.78. The second-order valence-electron chi connectivity index (χ2n) is 6.23. The minimum atomic E-state index is 0.714. The highest BCUT2D eigenvalue weighted by Gasteiger charge is 2.21. The zero-order valence-electron chi connectivity index (χ0n) is 13.3. The molecule has 1 nitrogen and oxygen atoms in total. The van der Waals surface area contributed by atoms with Gasteiger partial charge < -0.3 is 4.74 Å². The van der Waals surface area contributed by atoms with Gasteiger partial charge in [0.15, 0.2) is 0 Å². The average Bonchev–Trinajstić information content (AvgIpc) is 2.53. The third kappa shape index (κ3) is 5.12. The van der Waals surface area contributed by atoms with Crippen LogP contribution < -0.4 is 4.74 Å². The van der Waals surface area contributed by atoms with Gasteiger partial charge in [-0.25, -0.2) is 0 Å². The topological polar surface area (TPSA) is 9.23 Å². The number of hydrogen-bond acceptors (Lipinski definition) is 1. The molecule has 1 aromatic rings. The van der Waals surface area contributed by atoms with Crippen LogP contribution >= 0.6 is 0 Å². The Kier molecular flexibility index (Phi) is 6.67. The molecular weight excluding hydrogens is 256 g/mol. The third-order valence-corrected chi connectivity index (χ3v) is 4.63. The van der Waals surface area contributed by atoms with Crippen molar-refractivity contribution in [2.45, 2.75) is 64.2 Å². The number of rotatable bonds is 7. The van der Waals surface area contributed by atoms with Crippen molar-refractivity contribution < 1.29 is 4.74 Å². The second-order valence-corrected chi connectivity index (χ2v) is 6.23. The lowest BCUT2D eigenvalue weighted by molar-refractivity contribution is 0.306. The predicted molar refractivity (Wildman–Crippen MR) is 89.6 cm³/mol. The summed E-state index contributed by atoms with van der Waals surface area (Å²) in [6.07, 6.45) is 15.2. The van der Waals surface area contributed by atoms with E-state index in [4.69, 9.17) is 11.2 Å². The number of terminal acetylenes is 1. The van der Waals surface area contributed by atoms with E-state index in [2.05, 4.69) is 37.1 Å². The smallest absolute Gasteiger partial charge is 0.119 e. The van der Waals surface area contributed by atoms with Crippen LogP contribution in [0.4, 0.5) is 0 Å². The maximum Gasteiger partial charge on any atom is 0.119 e. The molecule has 1 heteroatoms.